The van der Waals surface area contributed by atoms with Crippen molar-refractivity contribution in [2.24, 2.45) is 0 Å². The standard InChI is InChI=1S/C18H16F2O6/c19-11-7-6-10(8-12(11)20)15(16-13(21)14(22)18(24)26-16)25-17(23)9-4-2-1-3-5-9/h1-8,13-16,18,21-22,24H/t13-,14+,15+,16-,18+/m0/s1. The van der Waals surface area contributed by atoms with E-state index in [0.717, 1.165) is 18.2 Å². The molecule has 1 aliphatic heterocycles. The molecular weight excluding hydrogens is 350 g/mol. The first-order chi connectivity index (χ1) is 12.4. The van der Waals surface area contributed by atoms with Crippen LogP contribution in [0.15, 0.2) is 48.5 Å². The van der Waals surface area contributed by atoms with Crippen molar-refractivity contribution in [1.82, 2.24) is 0 Å². The minimum absolute atomic E-state index is 0.00136. The summed E-state index contributed by atoms with van der Waals surface area (Å²) >= 11 is 0. The molecule has 8 heteroatoms. The summed E-state index contributed by atoms with van der Waals surface area (Å²) in [6.45, 7) is 0. The van der Waals surface area contributed by atoms with Crippen LogP contribution in [0.1, 0.15) is 22.0 Å². The summed E-state index contributed by atoms with van der Waals surface area (Å²) in [4.78, 5) is 12.4. The molecular formula is C18H16F2O6. The normalized spacial score (nSPS) is 26.5. The Bertz CT molecular complexity index is 785. The topological polar surface area (TPSA) is 96.2 Å². The lowest BCUT2D eigenvalue weighted by Gasteiger charge is -2.26. The second kappa shape index (κ2) is 7.46. The first-order valence-corrected chi connectivity index (χ1v) is 7.79. The molecule has 6 nitrogen and oxygen atoms in total. The fourth-order valence-electron chi connectivity index (χ4n) is 2.71. The predicted molar refractivity (Wildman–Crippen MR) is 83.8 cm³/mol. The Hall–Kier alpha value is -2.39. The number of carbonyl (C=O) groups excluding carboxylic acids is 1. The van der Waals surface area contributed by atoms with Crippen LogP contribution in [0.25, 0.3) is 0 Å². The molecule has 1 saturated heterocycles. The minimum Gasteiger partial charge on any atom is -0.451 e. The Kier molecular flexibility index (Phi) is 5.28. The van der Waals surface area contributed by atoms with Gasteiger partial charge >= 0.3 is 5.97 Å². The fraction of sp³-hybridized carbons (Fsp3) is 0.278. The van der Waals surface area contributed by atoms with E-state index in [1.54, 1.807) is 18.2 Å². The Labute approximate surface area is 147 Å². The summed E-state index contributed by atoms with van der Waals surface area (Å²) in [7, 11) is 0. The van der Waals surface area contributed by atoms with Gasteiger partial charge in [0.1, 0.15) is 18.3 Å². The highest BCUT2D eigenvalue weighted by Crippen LogP contribution is 2.34. The molecule has 5 atom stereocenters. The maximum Gasteiger partial charge on any atom is 0.338 e. The van der Waals surface area contributed by atoms with Crippen LogP contribution >= 0.6 is 0 Å². The van der Waals surface area contributed by atoms with Gasteiger partial charge in [0.2, 0.25) is 0 Å². The van der Waals surface area contributed by atoms with E-state index in [-0.39, 0.29) is 11.1 Å². The molecule has 0 radical (unpaired) electrons. The number of ether oxygens (including phenoxy) is 2. The molecule has 0 unspecified atom stereocenters. The lowest BCUT2D eigenvalue weighted by atomic mass is 9.98. The van der Waals surface area contributed by atoms with E-state index in [4.69, 9.17) is 9.47 Å². The molecule has 1 fully saturated rings. The van der Waals surface area contributed by atoms with Crippen molar-refractivity contribution < 1.29 is 38.4 Å². The van der Waals surface area contributed by atoms with Crippen LogP contribution in [-0.4, -0.2) is 45.9 Å². The van der Waals surface area contributed by atoms with Gasteiger partial charge in [0.25, 0.3) is 0 Å². The van der Waals surface area contributed by atoms with Crippen LogP contribution in [0, 0.1) is 11.6 Å². The highest BCUT2D eigenvalue weighted by atomic mass is 19.2. The highest BCUT2D eigenvalue weighted by molar-refractivity contribution is 5.89. The average molecular weight is 366 g/mol. The second-order valence-corrected chi connectivity index (χ2v) is 5.84. The summed E-state index contributed by atoms with van der Waals surface area (Å²) in [6.07, 6.45) is -7.72. The van der Waals surface area contributed by atoms with E-state index in [2.05, 4.69) is 0 Å². The smallest absolute Gasteiger partial charge is 0.338 e. The van der Waals surface area contributed by atoms with E-state index < -0.39 is 48.3 Å². The zero-order valence-electron chi connectivity index (χ0n) is 13.3. The van der Waals surface area contributed by atoms with Crippen molar-refractivity contribution in [3.8, 4) is 0 Å². The number of hydrogen-bond acceptors (Lipinski definition) is 6. The first-order valence-electron chi connectivity index (χ1n) is 7.79. The Morgan fingerprint density at radius 3 is 2.27 bits per heavy atom. The number of esters is 1. The molecule has 138 valence electrons. The van der Waals surface area contributed by atoms with Gasteiger partial charge in [-0.3, -0.25) is 0 Å². The Morgan fingerprint density at radius 1 is 1.00 bits per heavy atom. The van der Waals surface area contributed by atoms with Crippen LogP contribution < -0.4 is 0 Å². The molecule has 2 aromatic rings. The van der Waals surface area contributed by atoms with Crippen LogP contribution in [0.3, 0.4) is 0 Å². The molecule has 0 amide bonds. The molecule has 3 rings (SSSR count). The molecule has 1 heterocycles. The average Bonchev–Trinajstić information content (AvgIpc) is 2.90. The predicted octanol–water partition coefficient (Wildman–Crippen LogP) is 1.30. The van der Waals surface area contributed by atoms with Crippen molar-refractivity contribution >= 4 is 5.97 Å². The van der Waals surface area contributed by atoms with E-state index in [1.807, 2.05) is 0 Å². The summed E-state index contributed by atoms with van der Waals surface area (Å²) < 4.78 is 37.2. The number of aliphatic hydroxyl groups excluding tert-OH is 3. The van der Waals surface area contributed by atoms with Gasteiger partial charge in [-0.05, 0) is 29.8 Å². The molecule has 26 heavy (non-hydrogen) atoms. The second-order valence-electron chi connectivity index (χ2n) is 5.84. The number of halogens is 2. The summed E-state index contributed by atoms with van der Waals surface area (Å²) in [5.74, 6) is -3.08. The van der Waals surface area contributed by atoms with E-state index in [0.29, 0.717) is 0 Å². The molecule has 1 aliphatic rings. The van der Waals surface area contributed by atoms with Gasteiger partial charge in [0.15, 0.2) is 24.0 Å². The van der Waals surface area contributed by atoms with Gasteiger partial charge in [0.05, 0.1) is 5.56 Å². The van der Waals surface area contributed by atoms with Crippen LogP contribution in [-0.2, 0) is 9.47 Å². The zero-order valence-corrected chi connectivity index (χ0v) is 13.3. The van der Waals surface area contributed by atoms with Gasteiger partial charge in [-0.15, -0.1) is 0 Å². The Morgan fingerprint density at radius 2 is 1.69 bits per heavy atom. The van der Waals surface area contributed by atoms with Crippen LogP contribution in [0.2, 0.25) is 0 Å². The zero-order chi connectivity index (χ0) is 18.8. The van der Waals surface area contributed by atoms with Gasteiger partial charge in [0, 0.05) is 0 Å². The van der Waals surface area contributed by atoms with Gasteiger partial charge in [-0.2, -0.15) is 0 Å². The van der Waals surface area contributed by atoms with Crippen LogP contribution in [0.5, 0.6) is 0 Å². The SMILES string of the molecule is O=C(O[C@H](c1ccc(F)c(F)c1)[C@H]1O[C@@H](O)[C@H](O)[C@@H]1O)c1ccccc1. The third-order valence-corrected chi connectivity index (χ3v) is 4.09. The monoisotopic (exact) mass is 366 g/mol. The van der Waals surface area contributed by atoms with Crippen molar-refractivity contribution in [2.45, 2.75) is 30.7 Å². The number of hydrogen-bond donors (Lipinski definition) is 3. The molecule has 0 aromatic heterocycles. The number of benzene rings is 2. The lowest BCUT2D eigenvalue weighted by molar-refractivity contribution is -0.148. The molecule has 0 spiro atoms. The van der Waals surface area contributed by atoms with E-state index in [9.17, 15) is 28.9 Å². The van der Waals surface area contributed by atoms with Crippen molar-refractivity contribution in [3.63, 3.8) is 0 Å². The highest BCUT2D eigenvalue weighted by Gasteiger charge is 2.47. The molecule has 3 N–H and O–H groups in total. The summed E-state index contributed by atoms with van der Waals surface area (Å²) in [5, 5.41) is 29.3. The quantitative estimate of drug-likeness (QED) is 0.706. The first kappa shape index (κ1) is 18.4. The summed E-state index contributed by atoms with van der Waals surface area (Å²) in [5.41, 5.74) is 0.187. The van der Waals surface area contributed by atoms with Crippen LogP contribution in [0.4, 0.5) is 8.78 Å². The molecule has 0 aliphatic carbocycles. The van der Waals surface area contributed by atoms with E-state index >= 15 is 0 Å². The van der Waals surface area contributed by atoms with E-state index in [1.165, 1.54) is 12.1 Å². The number of aliphatic hydroxyl groups is 3. The maximum absolute atomic E-state index is 13.6. The molecule has 2 aromatic carbocycles. The Balaban J connectivity index is 1.93. The minimum atomic E-state index is -1.71. The van der Waals surface area contributed by atoms with Crippen molar-refractivity contribution in [3.05, 3.63) is 71.3 Å². The van der Waals surface area contributed by atoms with Gasteiger partial charge in [-0.25, -0.2) is 13.6 Å². The van der Waals surface area contributed by atoms with Gasteiger partial charge < -0.3 is 24.8 Å². The molecule has 0 saturated carbocycles. The van der Waals surface area contributed by atoms with Crippen molar-refractivity contribution in [1.29, 1.82) is 0 Å². The van der Waals surface area contributed by atoms with Crippen molar-refractivity contribution in [2.75, 3.05) is 0 Å². The lowest BCUT2D eigenvalue weighted by Crippen LogP contribution is -2.37. The summed E-state index contributed by atoms with van der Waals surface area (Å²) in [6, 6.07) is 10.7. The fourth-order valence-corrected chi connectivity index (χ4v) is 2.71. The van der Waals surface area contributed by atoms with Gasteiger partial charge in [-0.1, -0.05) is 24.3 Å². The maximum atomic E-state index is 13.6. The molecule has 0 bridgehead atoms. The third-order valence-electron chi connectivity index (χ3n) is 4.09. The third kappa shape index (κ3) is 3.58. The largest absolute Gasteiger partial charge is 0.451 e. The number of carbonyl (C=O) groups is 1. The number of rotatable bonds is 4.